The highest BCUT2D eigenvalue weighted by atomic mass is 35.5. The number of hydrogen-bond donors (Lipinski definition) is 0. The molecular weight excluding hydrogens is 286 g/mol. The fraction of sp³-hybridized carbons (Fsp3) is 0.500. The summed E-state index contributed by atoms with van der Waals surface area (Å²) in [6.07, 6.45) is 1.98. The summed E-state index contributed by atoms with van der Waals surface area (Å²) in [5, 5.41) is 2.07. The van der Waals surface area contributed by atoms with Crippen LogP contribution in [-0.4, -0.2) is 19.5 Å². The first-order chi connectivity index (χ1) is 9.21. The van der Waals surface area contributed by atoms with Crippen molar-refractivity contribution < 1.29 is 4.43 Å². The van der Waals surface area contributed by atoms with E-state index in [0.717, 1.165) is 29.1 Å². The van der Waals surface area contributed by atoms with Crippen LogP contribution in [0.15, 0.2) is 24.4 Å². The Bertz CT molecular complexity index is 598. The number of halogens is 1. The molecule has 0 amide bonds. The second kappa shape index (κ2) is 5.55. The minimum atomic E-state index is -1.66. The van der Waals surface area contributed by atoms with E-state index in [0.29, 0.717) is 0 Å². The summed E-state index contributed by atoms with van der Waals surface area (Å²) in [5.74, 6) is 0. The Balaban J connectivity index is 2.04. The van der Waals surface area contributed by atoms with Crippen LogP contribution in [0.2, 0.25) is 23.2 Å². The van der Waals surface area contributed by atoms with Gasteiger partial charge < -0.3 is 8.99 Å². The van der Waals surface area contributed by atoms with Crippen molar-refractivity contribution in [2.45, 2.75) is 45.4 Å². The van der Waals surface area contributed by atoms with Crippen LogP contribution in [0, 0.1) is 6.07 Å². The molecule has 0 atom stereocenters. The molecular formula is C16H23ClNOSi. The first-order valence-corrected chi connectivity index (χ1v) is 10.3. The van der Waals surface area contributed by atoms with Gasteiger partial charge in [0.25, 0.3) is 0 Å². The SMILES string of the molecule is CC(C)(C)[Si](C)(C)OCCn1c[c]c2cc(Cl)ccc21. The van der Waals surface area contributed by atoms with Gasteiger partial charge in [0.05, 0.1) is 6.61 Å². The Morgan fingerprint density at radius 2 is 2.00 bits per heavy atom. The minimum absolute atomic E-state index is 0.255. The molecule has 0 fully saturated rings. The lowest BCUT2D eigenvalue weighted by atomic mass is 10.2. The Labute approximate surface area is 127 Å². The van der Waals surface area contributed by atoms with E-state index in [9.17, 15) is 0 Å². The Hall–Kier alpha value is -0.773. The zero-order valence-corrected chi connectivity index (χ0v) is 14.7. The summed E-state index contributed by atoms with van der Waals surface area (Å²) in [5.41, 5.74) is 1.16. The van der Waals surface area contributed by atoms with Crippen LogP contribution in [0.5, 0.6) is 0 Å². The highest BCUT2D eigenvalue weighted by molar-refractivity contribution is 6.74. The predicted octanol–water partition coefficient (Wildman–Crippen LogP) is 5.12. The summed E-state index contributed by atoms with van der Waals surface area (Å²) < 4.78 is 8.40. The van der Waals surface area contributed by atoms with Gasteiger partial charge in [-0.15, -0.1) is 0 Å². The molecule has 2 aromatic rings. The van der Waals surface area contributed by atoms with E-state index in [-0.39, 0.29) is 5.04 Å². The summed E-state index contributed by atoms with van der Waals surface area (Å²) in [7, 11) is -1.66. The molecule has 4 heteroatoms. The molecule has 0 saturated heterocycles. The van der Waals surface area contributed by atoms with Gasteiger partial charge in [0.15, 0.2) is 8.32 Å². The molecule has 0 saturated carbocycles. The summed E-state index contributed by atoms with van der Waals surface area (Å²) in [6, 6.07) is 9.15. The Kier molecular flexibility index (Phi) is 4.33. The van der Waals surface area contributed by atoms with E-state index in [4.69, 9.17) is 16.0 Å². The molecule has 0 N–H and O–H groups in total. The van der Waals surface area contributed by atoms with E-state index in [2.05, 4.69) is 44.5 Å². The van der Waals surface area contributed by atoms with E-state index in [1.807, 2.05) is 24.4 Å². The maximum absolute atomic E-state index is 6.22. The van der Waals surface area contributed by atoms with Crippen molar-refractivity contribution in [1.29, 1.82) is 0 Å². The zero-order valence-electron chi connectivity index (χ0n) is 13.0. The molecule has 2 nitrogen and oxygen atoms in total. The molecule has 1 aromatic heterocycles. The topological polar surface area (TPSA) is 14.2 Å². The number of nitrogens with zero attached hydrogens (tertiary/aromatic N) is 1. The number of rotatable bonds is 4. The molecule has 0 bridgehead atoms. The zero-order chi connectivity index (χ0) is 15.0. The second-order valence-corrected chi connectivity index (χ2v) is 12.0. The normalized spacial score (nSPS) is 13.1. The third-order valence-electron chi connectivity index (χ3n) is 4.25. The molecule has 2 rings (SSSR count). The van der Waals surface area contributed by atoms with Gasteiger partial charge in [0, 0.05) is 34.7 Å². The maximum atomic E-state index is 6.22. The van der Waals surface area contributed by atoms with Gasteiger partial charge >= 0.3 is 0 Å². The van der Waals surface area contributed by atoms with E-state index in [1.54, 1.807) is 0 Å². The molecule has 109 valence electrons. The van der Waals surface area contributed by atoms with Crippen LogP contribution < -0.4 is 0 Å². The molecule has 0 aliphatic heterocycles. The maximum Gasteiger partial charge on any atom is 0.192 e. The summed E-state index contributed by atoms with van der Waals surface area (Å²) in [4.78, 5) is 0. The summed E-state index contributed by atoms with van der Waals surface area (Å²) >= 11 is 5.99. The number of hydrogen-bond acceptors (Lipinski definition) is 1. The second-order valence-electron chi connectivity index (χ2n) is 6.74. The Morgan fingerprint density at radius 3 is 2.65 bits per heavy atom. The standard InChI is InChI=1S/C16H23ClNOSi/c1-16(2,3)20(4,5)19-11-10-18-9-8-13-12-14(17)6-7-15(13)18/h6-7,9,12H,10-11H2,1-5H3. The first-order valence-electron chi connectivity index (χ1n) is 7.01. The Morgan fingerprint density at radius 1 is 1.30 bits per heavy atom. The van der Waals surface area contributed by atoms with Gasteiger partial charge in [-0.2, -0.15) is 0 Å². The molecule has 0 aliphatic carbocycles. The lowest BCUT2D eigenvalue weighted by Gasteiger charge is -2.36. The molecule has 20 heavy (non-hydrogen) atoms. The minimum Gasteiger partial charge on any atom is -0.415 e. The van der Waals surface area contributed by atoms with Crippen molar-refractivity contribution >= 4 is 30.8 Å². The molecule has 0 aliphatic rings. The highest BCUT2D eigenvalue weighted by Crippen LogP contribution is 2.36. The first kappa shape index (κ1) is 15.6. The van der Waals surface area contributed by atoms with Gasteiger partial charge in [-0.25, -0.2) is 0 Å². The molecule has 1 radical (unpaired) electrons. The third-order valence-corrected chi connectivity index (χ3v) is 9.02. The summed E-state index contributed by atoms with van der Waals surface area (Å²) in [6.45, 7) is 13.0. The van der Waals surface area contributed by atoms with Crippen molar-refractivity contribution in [1.82, 2.24) is 4.57 Å². The number of fused-ring (bicyclic) bond motifs is 1. The van der Waals surface area contributed by atoms with E-state index >= 15 is 0 Å². The quantitative estimate of drug-likeness (QED) is 0.715. The van der Waals surface area contributed by atoms with Crippen molar-refractivity contribution in [2.75, 3.05) is 6.61 Å². The van der Waals surface area contributed by atoms with Crippen molar-refractivity contribution in [3.05, 3.63) is 35.5 Å². The van der Waals surface area contributed by atoms with Gasteiger partial charge in [0.2, 0.25) is 0 Å². The van der Waals surface area contributed by atoms with Crippen LogP contribution in [0.3, 0.4) is 0 Å². The smallest absolute Gasteiger partial charge is 0.192 e. The molecule has 1 aromatic carbocycles. The van der Waals surface area contributed by atoms with E-state index < -0.39 is 8.32 Å². The van der Waals surface area contributed by atoms with Crippen molar-refractivity contribution in [3.63, 3.8) is 0 Å². The monoisotopic (exact) mass is 308 g/mol. The largest absolute Gasteiger partial charge is 0.415 e. The van der Waals surface area contributed by atoms with Crippen LogP contribution in [0.1, 0.15) is 20.8 Å². The predicted molar refractivity (Wildman–Crippen MR) is 88.9 cm³/mol. The van der Waals surface area contributed by atoms with Crippen molar-refractivity contribution in [2.24, 2.45) is 0 Å². The van der Waals surface area contributed by atoms with Gasteiger partial charge in [-0.05, 0) is 36.3 Å². The lowest BCUT2D eigenvalue weighted by Crippen LogP contribution is -2.41. The van der Waals surface area contributed by atoms with E-state index in [1.165, 1.54) is 0 Å². The fourth-order valence-electron chi connectivity index (χ4n) is 1.89. The van der Waals surface area contributed by atoms with Crippen LogP contribution in [-0.2, 0) is 11.0 Å². The lowest BCUT2D eigenvalue weighted by molar-refractivity contribution is 0.273. The van der Waals surface area contributed by atoms with Gasteiger partial charge in [-0.1, -0.05) is 32.4 Å². The van der Waals surface area contributed by atoms with Crippen molar-refractivity contribution in [3.8, 4) is 0 Å². The number of aromatic nitrogens is 1. The average molecular weight is 309 g/mol. The van der Waals surface area contributed by atoms with Gasteiger partial charge in [0.1, 0.15) is 0 Å². The number of benzene rings is 1. The molecule has 0 spiro atoms. The van der Waals surface area contributed by atoms with Crippen LogP contribution in [0.25, 0.3) is 10.9 Å². The van der Waals surface area contributed by atoms with Crippen LogP contribution in [0.4, 0.5) is 0 Å². The molecule has 1 heterocycles. The average Bonchev–Trinajstić information content (AvgIpc) is 2.70. The molecule has 0 unspecified atom stereocenters. The third kappa shape index (κ3) is 3.27. The highest BCUT2D eigenvalue weighted by Gasteiger charge is 2.36. The van der Waals surface area contributed by atoms with Gasteiger partial charge in [-0.3, -0.25) is 0 Å². The fourth-order valence-corrected chi connectivity index (χ4v) is 3.10. The van der Waals surface area contributed by atoms with Crippen LogP contribution >= 0.6 is 11.6 Å².